The smallest absolute Gasteiger partial charge is 0.346 e. The van der Waals surface area contributed by atoms with Gasteiger partial charge in [-0.15, -0.1) is 0 Å². The fourth-order valence-electron chi connectivity index (χ4n) is 3.30. The van der Waals surface area contributed by atoms with Gasteiger partial charge in [0, 0.05) is 6.04 Å². The number of benzene rings is 1. The summed E-state index contributed by atoms with van der Waals surface area (Å²) in [4.78, 5) is 11.0. The maximum absolute atomic E-state index is 12.8. The summed E-state index contributed by atoms with van der Waals surface area (Å²) in [5.74, 6) is -1.32. The summed E-state index contributed by atoms with van der Waals surface area (Å²) in [6, 6.07) is 3.48. The lowest BCUT2D eigenvalue weighted by molar-refractivity contribution is -0.138. The molecule has 1 amide bonds. The zero-order valence-electron chi connectivity index (χ0n) is 15.8. The Balaban J connectivity index is 1.82. The molecule has 0 radical (unpaired) electrons. The van der Waals surface area contributed by atoms with E-state index in [1.807, 2.05) is 0 Å². The standard InChI is InChI=1S/C18H22F6N2O3S/c19-17(20,21)11-26-16(27)9-25-14-6-4-12(5-7-14)10-30(28,29)15-3-1-2-13(8-15)18(22,23)24/h1-3,8,12,14,25H,4-7,9-11H2,(H,26,27). The molecule has 1 saturated carbocycles. The van der Waals surface area contributed by atoms with Crippen LogP contribution in [0.5, 0.6) is 0 Å². The third-order valence-electron chi connectivity index (χ3n) is 4.86. The van der Waals surface area contributed by atoms with Crippen molar-refractivity contribution in [3.05, 3.63) is 29.8 Å². The topological polar surface area (TPSA) is 75.3 Å². The van der Waals surface area contributed by atoms with Crippen molar-refractivity contribution >= 4 is 15.7 Å². The van der Waals surface area contributed by atoms with Gasteiger partial charge in [-0.05, 0) is 49.8 Å². The number of hydrogen-bond acceptors (Lipinski definition) is 4. The van der Waals surface area contributed by atoms with Crippen LogP contribution in [0.3, 0.4) is 0 Å². The zero-order chi connectivity index (χ0) is 22.6. The van der Waals surface area contributed by atoms with Crippen molar-refractivity contribution in [1.29, 1.82) is 0 Å². The van der Waals surface area contributed by atoms with Crippen molar-refractivity contribution in [3.63, 3.8) is 0 Å². The lowest BCUT2D eigenvalue weighted by Crippen LogP contribution is -2.43. The van der Waals surface area contributed by atoms with Crippen LogP contribution in [-0.4, -0.2) is 45.4 Å². The number of nitrogens with one attached hydrogen (secondary N) is 2. The number of carbonyl (C=O) groups excluding carboxylic acids is 1. The molecule has 0 aromatic heterocycles. The Kier molecular flexibility index (Phi) is 7.78. The highest BCUT2D eigenvalue weighted by atomic mass is 32.2. The molecule has 170 valence electrons. The van der Waals surface area contributed by atoms with E-state index >= 15 is 0 Å². The molecule has 0 saturated heterocycles. The molecule has 1 aliphatic carbocycles. The average Bonchev–Trinajstić information content (AvgIpc) is 2.64. The van der Waals surface area contributed by atoms with E-state index in [0.717, 1.165) is 18.2 Å². The molecule has 1 aliphatic rings. The van der Waals surface area contributed by atoms with Crippen LogP contribution < -0.4 is 10.6 Å². The molecule has 30 heavy (non-hydrogen) atoms. The molecule has 0 atom stereocenters. The molecule has 1 aromatic rings. The first-order chi connectivity index (χ1) is 13.8. The SMILES string of the molecule is O=C(CNC1CCC(CS(=O)(=O)c2cccc(C(F)(F)F)c2)CC1)NCC(F)(F)F. The average molecular weight is 460 g/mol. The predicted octanol–water partition coefficient (Wildman–Crippen LogP) is 3.31. The summed E-state index contributed by atoms with van der Waals surface area (Å²) in [6.07, 6.45) is -7.16. The fourth-order valence-corrected chi connectivity index (χ4v) is 5.04. The van der Waals surface area contributed by atoms with E-state index in [0.29, 0.717) is 31.7 Å². The highest BCUT2D eigenvalue weighted by Crippen LogP contribution is 2.32. The van der Waals surface area contributed by atoms with E-state index in [4.69, 9.17) is 0 Å². The summed E-state index contributed by atoms with van der Waals surface area (Å²) >= 11 is 0. The van der Waals surface area contributed by atoms with Crippen LogP contribution in [0.2, 0.25) is 0 Å². The van der Waals surface area contributed by atoms with E-state index < -0.39 is 40.2 Å². The van der Waals surface area contributed by atoms with Crippen LogP contribution in [-0.2, 0) is 20.8 Å². The Morgan fingerprint density at radius 2 is 1.67 bits per heavy atom. The number of alkyl halides is 6. The highest BCUT2D eigenvalue weighted by molar-refractivity contribution is 7.91. The van der Waals surface area contributed by atoms with E-state index in [9.17, 15) is 39.6 Å². The molecule has 1 aromatic carbocycles. The minimum Gasteiger partial charge on any atom is -0.346 e. The predicted molar refractivity (Wildman–Crippen MR) is 96.3 cm³/mol. The monoisotopic (exact) mass is 460 g/mol. The van der Waals surface area contributed by atoms with Gasteiger partial charge in [0.05, 0.1) is 22.8 Å². The van der Waals surface area contributed by atoms with Gasteiger partial charge in [0.1, 0.15) is 6.54 Å². The number of amides is 1. The second-order valence-electron chi connectivity index (χ2n) is 7.30. The summed E-state index contributed by atoms with van der Waals surface area (Å²) in [7, 11) is -3.90. The Hall–Kier alpha value is -1.82. The number of hydrogen-bond donors (Lipinski definition) is 2. The van der Waals surface area contributed by atoms with E-state index in [2.05, 4.69) is 5.32 Å². The van der Waals surface area contributed by atoms with Crippen molar-refractivity contribution in [3.8, 4) is 0 Å². The van der Waals surface area contributed by atoms with Crippen molar-refractivity contribution < 1.29 is 39.6 Å². The molecule has 0 aliphatic heterocycles. The molecule has 12 heteroatoms. The number of carbonyl (C=O) groups is 1. The van der Waals surface area contributed by atoms with E-state index in [1.54, 1.807) is 5.32 Å². The molecule has 1 fully saturated rings. The Bertz CT molecular complexity index is 831. The third-order valence-corrected chi connectivity index (χ3v) is 6.74. The quantitative estimate of drug-likeness (QED) is 0.613. The Morgan fingerprint density at radius 3 is 2.23 bits per heavy atom. The molecular formula is C18H22F6N2O3S. The van der Waals surface area contributed by atoms with Gasteiger partial charge in [-0.25, -0.2) is 8.42 Å². The number of rotatable bonds is 7. The van der Waals surface area contributed by atoms with Crippen LogP contribution >= 0.6 is 0 Å². The first-order valence-electron chi connectivity index (χ1n) is 9.23. The second-order valence-corrected chi connectivity index (χ2v) is 9.33. The van der Waals surface area contributed by atoms with Gasteiger partial charge < -0.3 is 10.6 Å². The minimum atomic E-state index is -4.64. The van der Waals surface area contributed by atoms with Crippen LogP contribution in [0.15, 0.2) is 29.2 Å². The van der Waals surface area contributed by atoms with Crippen LogP contribution in [0, 0.1) is 5.92 Å². The van der Waals surface area contributed by atoms with E-state index in [-0.39, 0.29) is 29.2 Å². The molecule has 0 bridgehead atoms. The summed E-state index contributed by atoms with van der Waals surface area (Å²) in [6.45, 7) is -1.69. The van der Waals surface area contributed by atoms with Crippen LogP contribution in [0.25, 0.3) is 0 Å². The zero-order valence-corrected chi connectivity index (χ0v) is 16.6. The lowest BCUT2D eigenvalue weighted by atomic mass is 9.87. The summed E-state index contributed by atoms with van der Waals surface area (Å²) in [5, 5.41) is 4.59. The first kappa shape index (κ1) is 24.4. The van der Waals surface area contributed by atoms with Gasteiger partial charge in [0.25, 0.3) is 0 Å². The van der Waals surface area contributed by atoms with Crippen molar-refractivity contribution in [2.45, 2.75) is 49.0 Å². The molecule has 2 N–H and O–H groups in total. The fraction of sp³-hybridized carbons (Fsp3) is 0.611. The largest absolute Gasteiger partial charge is 0.416 e. The summed E-state index contributed by atoms with van der Waals surface area (Å²) in [5.41, 5.74) is -1.03. The van der Waals surface area contributed by atoms with Gasteiger partial charge in [-0.1, -0.05) is 6.07 Å². The van der Waals surface area contributed by atoms with Gasteiger partial charge in [0.2, 0.25) is 5.91 Å². The molecule has 0 heterocycles. The molecule has 2 rings (SSSR count). The maximum Gasteiger partial charge on any atom is 0.416 e. The van der Waals surface area contributed by atoms with Crippen molar-refractivity contribution in [2.24, 2.45) is 5.92 Å². The van der Waals surface area contributed by atoms with E-state index in [1.165, 1.54) is 0 Å². The van der Waals surface area contributed by atoms with Crippen LogP contribution in [0.4, 0.5) is 26.3 Å². The Morgan fingerprint density at radius 1 is 1.03 bits per heavy atom. The number of sulfone groups is 1. The molecule has 5 nitrogen and oxygen atoms in total. The second kappa shape index (κ2) is 9.54. The summed E-state index contributed by atoms with van der Waals surface area (Å²) < 4.78 is 99.6. The molecule has 0 spiro atoms. The van der Waals surface area contributed by atoms with Gasteiger partial charge in [-0.3, -0.25) is 4.79 Å². The normalized spacial score (nSPS) is 20.7. The Labute approximate surface area is 170 Å². The van der Waals surface area contributed by atoms with Crippen LogP contribution in [0.1, 0.15) is 31.2 Å². The van der Waals surface area contributed by atoms with Gasteiger partial charge in [-0.2, -0.15) is 26.3 Å². The lowest BCUT2D eigenvalue weighted by Gasteiger charge is -2.29. The third kappa shape index (κ3) is 7.78. The maximum atomic E-state index is 12.8. The first-order valence-corrected chi connectivity index (χ1v) is 10.9. The van der Waals surface area contributed by atoms with Crippen molar-refractivity contribution in [2.75, 3.05) is 18.8 Å². The highest BCUT2D eigenvalue weighted by Gasteiger charge is 2.33. The van der Waals surface area contributed by atoms with Gasteiger partial charge >= 0.3 is 12.4 Å². The molecule has 0 unspecified atom stereocenters. The minimum absolute atomic E-state index is 0.144. The number of halogens is 6. The molecular weight excluding hydrogens is 438 g/mol. The van der Waals surface area contributed by atoms with Crippen molar-refractivity contribution in [1.82, 2.24) is 10.6 Å². The van der Waals surface area contributed by atoms with Gasteiger partial charge in [0.15, 0.2) is 9.84 Å².